The van der Waals surface area contributed by atoms with E-state index < -0.39 is 5.69 Å². The average Bonchev–Trinajstić information content (AvgIpc) is 2.93. The number of methoxy groups -OCH3 is 1. The van der Waals surface area contributed by atoms with Gasteiger partial charge in [-0.15, -0.1) is 12.4 Å². The van der Waals surface area contributed by atoms with Crippen LogP contribution < -0.4 is 16.3 Å². The highest BCUT2D eigenvalue weighted by Gasteiger charge is 2.53. The molecule has 8 heteroatoms. The molecule has 1 amide bonds. The summed E-state index contributed by atoms with van der Waals surface area (Å²) < 4.78 is 7.25. The van der Waals surface area contributed by atoms with E-state index in [0.29, 0.717) is 0 Å². The summed E-state index contributed by atoms with van der Waals surface area (Å²) >= 11 is 0. The standard InChI is InChI=1S/C20H24N4O3.ClH/c1-27-18-17(23-16(25)13-24-12-4-9-22-19(24)26)14-5-2-3-6-15(14)20(18)7-10-21-11-8-20;/h2-6,9,12,17-18,21H,7-8,10-11,13H2,1H3,(H,23,25);1H/t17-,18+;/m1./s1. The molecule has 1 aliphatic carbocycles. The molecule has 1 aromatic carbocycles. The molecule has 1 aliphatic heterocycles. The average molecular weight is 405 g/mol. The van der Waals surface area contributed by atoms with Gasteiger partial charge in [-0.25, -0.2) is 9.78 Å². The van der Waals surface area contributed by atoms with Crippen LogP contribution in [0.3, 0.4) is 0 Å². The lowest BCUT2D eigenvalue weighted by atomic mass is 9.72. The molecule has 4 rings (SSSR count). The van der Waals surface area contributed by atoms with Crippen molar-refractivity contribution < 1.29 is 9.53 Å². The first-order valence-corrected chi connectivity index (χ1v) is 9.29. The van der Waals surface area contributed by atoms with Gasteiger partial charge in [0.25, 0.3) is 0 Å². The molecule has 0 bridgehead atoms. The van der Waals surface area contributed by atoms with Crippen LogP contribution in [-0.4, -0.2) is 41.8 Å². The number of carbonyl (C=O) groups is 1. The number of nitrogens with zero attached hydrogens (tertiary/aromatic N) is 2. The second-order valence-corrected chi connectivity index (χ2v) is 7.23. The predicted octanol–water partition coefficient (Wildman–Crippen LogP) is 1.17. The van der Waals surface area contributed by atoms with Crippen molar-refractivity contribution in [3.8, 4) is 0 Å². The Balaban J connectivity index is 0.00000225. The first kappa shape index (κ1) is 20.5. The largest absolute Gasteiger partial charge is 0.378 e. The minimum atomic E-state index is -0.433. The maximum Gasteiger partial charge on any atom is 0.347 e. The summed E-state index contributed by atoms with van der Waals surface area (Å²) in [5, 5.41) is 6.53. The topological polar surface area (TPSA) is 85.2 Å². The molecular formula is C20H25ClN4O3. The highest BCUT2D eigenvalue weighted by molar-refractivity contribution is 5.85. The second-order valence-electron chi connectivity index (χ2n) is 7.23. The van der Waals surface area contributed by atoms with Crippen molar-refractivity contribution in [2.45, 2.75) is 36.9 Å². The maximum atomic E-state index is 12.7. The third kappa shape index (κ3) is 3.45. The highest BCUT2D eigenvalue weighted by atomic mass is 35.5. The van der Waals surface area contributed by atoms with Gasteiger partial charge in [-0.3, -0.25) is 9.36 Å². The van der Waals surface area contributed by atoms with Crippen molar-refractivity contribution in [3.63, 3.8) is 0 Å². The lowest BCUT2D eigenvalue weighted by molar-refractivity contribution is -0.124. The van der Waals surface area contributed by atoms with Crippen molar-refractivity contribution in [3.05, 3.63) is 64.3 Å². The van der Waals surface area contributed by atoms with Gasteiger partial charge in [-0.05, 0) is 43.1 Å². The van der Waals surface area contributed by atoms with Crippen LogP contribution in [0.4, 0.5) is 0 Å². The van der Waals surface area contributed by atoms with Gasteiger partial charge < -0.3 is 15.4 Å². The SMILES string of the molecule is CO[C@H]1[C@H](NC(=O)Cn2cccnc2=O)c2ccccc2C12CCNCC2.Cl. The van der Waals surface area contributed by atoms with E-state index in [2.05, 4.69) is 33.8 Å². The van der Waals surface area contributed by atoms with Gasteiger partial charge in [0.1, 0.15) is 6.54 Å². The zero-order valence-corrected chi connectivity index (χ0v) is 16.6. The van der Waals surface area contributed by atoms with E-state index in [0.717, 1.165) is 31.5 Å². The van der Waals surface area contributed by atoms with E-state index in [9.17, 15) is 9.59 Å². The lowest BCUT2D eigenvalue weighted by Gasteiger charge is -2.40. The molecule has 1 spiro atoms. The quantitative estimate of drug-likeness (QED) is 0.799. The van der Waals surface area contributed by atoms with Gasteiger partial charge in [0.15, 0.2) is 0 Å². The molecule has 28 heavy (non-hydrogen) atoms. The first-order chi connectivity index (χ1) is 13.2. The van der Waals surface area contributed by atoms with Gasteiger partial charge in [-0.1, -0.05) is 24.3 Å². The van der Waals surface area contributed by atoms with Crippen molar-refractivity contribution in [2.24, 2.45) is 0 Å². The highest BCUT2D eigenvalue weighted by Crippen LogP contribution is 2.51. The molecule has 2 atom stereocenters. The summed E-state index contributed by atoms with van der Waals surface area (Å²) in [6, 6.07) is 9.68. The molecule has 0 saturated carbocycles. The number of piperidine rings is 1. The van der Waals surface area contributed by atoms with Crippen LogP contribution in [0.25, 0.3) is 0 Å². The zero-order chi connectivity index (χ0) is 18.9. The van der Waals surface area contributed by atoms with Crippen LogP contribution in [0.5, 0.6) is 0 Å². The molecule has 2 N–H and O–H groups in total. The number of rotatable bonds is 4. The molecule has 7 nitrogen and oxygen atoms in total. The fourth-order valence-electron chi connectivity index (χ4n) is 4.68. The smallest absolute Gasteiger partial charge is 0.347 e. The van der Waals surface area contributed by atoms with E-state index in [1.165, 1.54) is 16.3 Å². The minimum Gasteiger partial charge on any atom is -0.378 e. The van der Waals surface area contributed by atoms with E-state index in [1.54, 1.807) is 19.4 Å². The first-order valence-electron chi connectivity index (χ1n) is 9.29. The Morgan fingerprint density at radius 1 is 1.32 bits per heavy atom. The third-order valence-corrected chi connectivity index (χ3v) is 5.84. The number of nitrogens with one attached hydrogen (secondary N) is 2. The molecule has 2 aromatic rings. The van der Waals surface area contributed by atoms with E-state index >= 15 is 0 Å². The fraction of sp³-hybridized carbons (Fsp3) is 0.450. The van der Waals surface area contributed by atoms with Gasteiger partial charge in [-0.2, -0.15) is 0 Å². The third-order valence-electron chi connectivity index (χ3n) is 5.84. The van der Waals surface area contributed by atoms with Crippen LogP contribution in [0.1, 0.15) is 30.0 Å². The number of amides is 1. The number of benzene rings is 1. The zero-order valence-electron chi connectivity index (χ0n) is 15.8. The molecule has 1 aromatic heterocycles. The van der Waals surface area contributed by atoms with Crippen molar-refractivity contribution in [2.75, 3.05) is 20.2 Å². The number of aromatic nitrogens is 2. The van der Waals surface area contributed by atoms with Crippen molar-refractivity contribution in [1.82, 2.24) is 20.2 Å². The minimum absolute atomic E-state index is 0. The molecule has 2 heterocycles. The molecule has 0 unspecified atom stereocenters. The number of ether oxygens (including phenoxy) is 1. The summed E-state index contributed by atoms with van der Waals surface area (Å²) in [5.41, 5.74) is 1.84. The monoisotopic (exact) mass is 404 g/mol. The van der Waals surface area contributed by atoms with Crippen LogP contribution in [0.2, 0.25) is 0 Å². The van der Waals surface area contributed by atoms with Crippen molar-refractivity contribution in [1.29, 1.82) is 0 Å². The molecule has 1 fully saturated rings. The Kier molecular flexibility index (Phi) is 6.17. The molecular weight excluding hydrogens is 380 g/mol. The summed E-state index contributed by atoms with van der Waals surface area (Å²) in [5.74, 6) is -0.224. The van der Waals surface area contributed by atoms with Gasteiger partial charge in [0.05, 0.1) is 12.1 Å². The number of fused-ring (bicyclic) bond motifs is 2. The normalized spacial score (nSPS) is 22.3. The van der Waals surface area contributed by atoms with Gasteiger partial charge in [0.2, 0.25) is 5.91 Å². The van der Waals surface area contributed by atoms with E-state index in [4.69, 9.17) is 4.74 Å². The van der Waals surface area contributed by atoms with E-state index in [1.807, 2.05) is 6.07 Å². The Morgan fingerprint density at radius 3 is 2.79 bits per heavy atom. The van der Waals surface area contributed by atoms with Gasteiger partial charge in [0, 0.05) is 24.9 Å². The van der Waals surface area contributed by atoms with E-state index in [-0.39, 0.29) is 42.4 Å². The fourth-order valence-corrected chi connectivity index (χ4v) is 4.68. The molecule has 0 radical (unpaired) electrons. The van der Waals surface area contributed by atoms with Crippen LogP contribution >= 0.6 is 12.4 Å². The Morgan fingerprint density at radius 2 is 2.07 bits per heavy atom. The summed E-state index contributed by atoms with van der Waals surface area (Å²) in [7, 11) is 1.71. The number of carbonyl (C=O) groups excluding carboxylic acids is 1. The summed E-state index contributed by atoms with van der Waals surface area (Å²) in [6.45, 7) is 1.80. The summed E-state index contributed by atoms with van der Waals surface area (Å²) in [4.78, 5) is 28.2. The Hall–Kier alpha value is -2.22. The Bertz CT molecular complexity index is 895. The summed E-state index contributed by atoms with van der Waals surface area (Å²) in [6.07, 6.45) is 4.80. The maximum absolute atomic E-state index is 12.7. The van der Waals surface area contributed by atoms with Crippen molar-refractivity contribution >= 4 is 18.3 Å². The predicted molar refractivity (Wildman–Crippen MR) is 108 cm³/mol. The Labute approximate surface area is 169 Å². The van der Waals surface area contributed by atoms with Crippen LogP contribution in [0.15, 0.2) is 47.5 Å². The van der Waals surface area contributed by atoms with Gasteiger partial charge >= 0.3 is 5.69 Å². The van der Waals surface area contributed by atoms with Crippen LogP contribution in [-0.2, 0) is 21.5 Å². The van der Waals surface area contributed by atoms with Crippen LogP contribution in [0, 0.1) is 0 Å². The lowest BCUT2D eigenvalue weighted by Crippen LogP contribution is -2.49. The second kappa shape index (κ2) is 8.43. The number of hydrogen-bond acceptors (Lipinski definition) is 5. The molecule has 1 saturated heterocycles. The number of hydrogen-bond donors (Lipinski definition) is 2. The molecule has 2 aliphatic rings. The molecule has 150 valence electrons. The number of halogens is 1.